The molecule has 2 heterocycles. The lowest BCUT2D eigenvalue weighted by molar-refractivity contribution is 0.398. The van der Waals surface area contributed by atoms with Crippen molar-refractivity contribution in [1.29, 1.82) is 10.7 Å². The van der Waals surface area contributed by atoms with Gasteiger partial charge in [-0.25, -0.2) is 4.68 Å². The summed E-state index contributed by atoms with van der Waals surface area (Å²) in [6, 6.07) is 11.8. The maximum absolute atomic E-state index is 11.9. The van der Waals surface area contributed by atoms with E-state index in [0.29, 0.717) is 22.2 Å². The quantitative estimate of drug-likeness (QED) is 0.400. The summed E-state index contributed by atoms with van der Waals surface area (Å²) in [7, 11) is 1.88. The van der Waals surface area contributed by atoms with E-state index in [1.165, 1.54) is 4.68 Å². The van der Waals surface area contributed by atoms with E-state index < -0.39 is 5.54 Å². The number of thiophene rings is 1. The molecular weight excluding hydrogens is 426 g/mol. The molecule has 0 fully saturated rings. The lowest BCUT2D eigenvalue weighted by Gasteiger charge is -2.28. The summed E-state index contributed by atoms with van der Waals surface area (Å²) in [4.78, 5) is 13.0. The van der Waals surface area contributed by atoms with Gasteiger partial charge >= 0.3 is 0 Å². The fourth-order valence-corrected chi connectivity index (χ4v) is 4.42. The van der Waals surface area contributed by atoms with Crippen molar-refractivity contribution in [1.82, 2.24) is 15.1 Å². The molecule has 0 saturated carbocycles. The zero-order valence-corrected chi connectivity index (χ0v) is 17.2. The highest BCUT2D eigenvalue weighted by atomic mass is 79.9. The molecule has 6 nitrogen and oxygen atoms in total. The number of hydrogen-bond acceptors (Lipinski definition) is 5. The van der Waals surface area contributed by atoms with Crippen molar-refractivity contribution in [3.63, 3.8) is 0 Å². The van der Waals surface area contributed by atoms with Gasteiger partial charge in [0.15, 0.2) is 0 Å². The molecule has 3 aromatic rings. The SMILES string of the molecule is CN[C@@](C)(Cc1c(Br)c(=O)[nH]n1C=N)c1cc(-c2cccc(C#N)c2)cs1. The normalized spacial score (nSPS) is 13.1. The molecule has 0 radical (unpaired) electrons. The third kappa shape index (κ3) is 3.67. The largest absolute Gasteiger partial charge is 0.310 e. The Kier molecular flexibility index (Phi) is 5.46. The van der Waals surface area contributed by atoms with Gasteiger partial charge in [-0.3, -0.25) is 15.3 Å². The first-order valence-electron chi connectivity index (χ1n) is 8.20. The second-order valence-electron chi connectivity index (χ2n) is 6.35. The Morgan fingerprint density at radius 3 is 2.89 bits per heavy atom. The Morgan fingerprint density at radius 2 is 2.22 bits per heavy atom. The van der Waals surface area contributed by atoms with E-state index in [2.05, 4.69) is 50.8 Å². The minimum absolute atomic E-state index is 0.257. The van der Waals surface area contributed by atoms with Crippen LogP contribution in [0.25, 0.3) is 11.1 Å². The van der Waals surface area contributed by atoms with Crippen molar-refractivity contribution < 1.29 is 0 Å². The number of aromatic nitrogens is 2. The molecule has 0 aliphatic heterocycles. The monoisotopic (exact) mass is 443 g/mol. The first-order valence-corrected chi connectivity index (χ1v) is 9.87. The van der Waals surface area contributed by atoms with Crippen LogP contribution in [0.2, 0.25) is 0 Å². The second kappa shape index (κ2) is 7.64. The molecule has 1 aromatic carbocycles. The van der Waals surface area contributed by atoms with Crippen molar-refractivity contribution in [2.45, 2.75) is 18.9 Å². The maximum atomic E-state index is 11.9. The summed E-state index contributed by atoms with van der Waals surface area (Å²) in [6.45, 7) is 2.06. The molecule has 138 valence electrons. The van der Waals surface area contributed by atoms with Crippen LogP contribution < -0.4 is 10.9 Å². The Bertz CT molecular complexity index is 1090. The molecule has 2 aromatic heterocycles. The van der Waals surface area contributed by atoms with Crippen molar-refractivity contribution in [2.24, 2.45) is 0 Å². The van der Waals surface area contributed by atoms with E-state index in [1.54, 1.807) is 17.4 Å². The Balaban J connectivity index is 1.99. The van der Waals surface area contributed by atoms with E-state index >= 15 is 0 Å². The number of benzene rings is 1. The van der Waals surface area contributed by atoms with Crippen LogP contribution in [-0.4, -0.2) is 23.2 Å². The summed E-state index contributed by atoms with van der Waals surface area (Å²) < 4.78 is 1.86. The third-order valence-corrected chi connectivity index (χ3v) is 6.65. The van der Waals surface area contributed by atoms with Gasteiger partial charge in [0.2, 0.25) is 0 Å². The molecule has 0 amide bonds. The number of H-pyrrole nitrogens is 1. The molecule has 0 unspecified atom stereocenters. The van der Waals surface area contributed by atoms with Gasteiger partial charge in [-0.15, -0.1) is 11.3 Å². The van der Waals surface area contributed by atoms with Gasteiger partial charge in [0.05, 0.1) is 22.9 Å². The minimum atomic E-state index is -0.433. The molecule has 3 rings (SSSR count). The Hall–Kier alpha value is -2.47. The fraction of sp³-hybridized carbons (Fsp3) is 0.211. The van der Waals surface area contributed by atoms with E-state index in [4.69, 9.17) is 10.7 Å². The highest BCUT2D eigenvalue weighted by molar-refractivity contribution is 9.10. The van der Waals surface area contributed by atoms with Crippen LogP contribution in [-0.2, 0) is 12.0 Å². The maximum Gasteiger partial charge on any atom is 0.279 e. The van der Waals surface area contributed by atoms with Gasteiger partial charge in [-0.05, 0) is 64.6 Å². The lowest BCUT2D eigenvalue weighted by atomic mass is 9.92. The van der Waals surface area contributed by atoms with Crippen LogP contribution in [0.15, 0.2) is 45.0 Å². The molecule has 1 atom stereocenters. The van der Waals surface area contributed by atoms with Gasteiger partial charge in [-0.2, -0.15) is 5.26 Å². The molecule has 3 N–H and O–H groups in total. The van der Waals surface area contributed by atoms with Crippen LogP contribution in [0.4, 0.5) is 0 Å². The minimum Gasteiger partial charge on any atom is -0.310 e. The number of nitrogens with one attached hydrogen (secondary N) is 3. The van der Waals surface area contributed by atoms with Crippen LogP contribution in [0, 0.1) is 16.7 Å². The fourth-order valence-electron chi connectivity index (χ4n) is 2.91. The van der Waals surface area contributed by atoms with Crippen molar-refractivity contribution in [3.8, 4) is 17.2 Å². The highest BCUT2D eigenvalue weighted by Gasteiger charge is 2.30. The smallest absolute Gasteiger partial charge is 0.279 e. The summed E-state index contributed by atoms with van der Waals surface area (Å²) in [5.74, 6) is 0. The summed E-state index contributed by atoms with van der Waals surface area (Å²) in [5, 5.41) is 24.7. The molecule has 0 spiro atoms. The van der Waals surface area contributed by atoms with Crippen LogP contribution >= 0.6 is 27.3 Å². The predicted octanol–water partition coefficient (Wildman–Crippen LogP) is 3.67. The average molecular weight is 444 g/mol. The van der Waals surface area contributed by atoms with Gasteiger partial charge in [0, 0.05) is 11.3 Å². The molecule has 0 bridgehead atoms. The van der Waals surface area contributed by atoms with Crippen LogP contribution in [0.1, 0.15) is 23.1 Å². The highest BCUT2D eigenvalue weighted by Crippen LogP contribution is 2.35. The average Bonchev–Trinajstić information content (AvgIpc) is 3.29. The van der Waals surface area contributed by atoms with Crippen molar-refractivity contribution in [3.05, 3.63) is 66.7 Å². The summed E-state index contributed by atoms with van der Waals surface area (Å²) in [5.41, 5.74) is 2.68. The third-order valence-electron chi connectivity index (χ3n) is 4.64. The van der Waals surface area contributed by atoms with E-state index in [9.17, 15) is 4.79 Å². The number of nitrogens with zero attached hydrogens (tertiary/aromatic N) is 2. The van der Waals surface area contributed by atoms with E-state index in [1.807, 2.05) is 25.2 Å². The summed E-state index contributed by atoms with van der Waals surface area (Å²) in [6.07, 6.45) is 1.60. The molecule has 0 aliphatic rings. The number of hydrogen-bond donors (Lipinski definition) is 3. The second-order valence-corrected chi connectivity index (χ2v) is 8.06. The molecular formula is C19H18BrN5OS. The first kappa shape index (κ1) is 19.3. The van der Waals surface area contributed by atoms with E-state index in [0.717, 1.165) is 22.3 Å². The van der Waals surface area contributed by atoms with Gasteiger partial charge in [0.1, 0.15) is 10.8 Å². The molecule has 0 aliphatic carbocycles. The predicted molar refractivity (Wildman–Crippen MR) is 112 cm³/mol. The molecule has 0 saturated heterocycles. The number of aromatic amines is 1. The summed E-state index contributed by atoms with van der Waals surface area (Å²) >= 11 is 4.95. The number of nitriles is 1. The standard InChI is InChI=1S/C19H18BrN5OS/c1-19(23-2,8-15-17(20)18(26)24-25(15)11-22)16-7-14(10-27-16)13-5-3-4-12(6-13)9-21/h3-7,10-11,22-23H,8H2,1-2H3,(H,24,26)/t19-/m0/s1. The van der Waals surface area contributed by atoms with Crippen LogP contribution in [0.5, 0.6) is 0 Å². The number of halogens is 1. The van der Waals surface area contributed by atoms with Crippen LogP contribution in [0.3, 0.4) is 0 Å². The van der Waals surface area contributed by atoms with Crippen molar-refractivity contribution in [2.75, 3.05) is 7.05 Å². The van der Waals surface area contributed by atoms with Gasteiger partial charge in [0.25, 0.3) is 5.56 Å². The van der Waals surface area contributed by atoms with Gasteiger partial charge in [-0.1, -0.05) is 12.1 Å². The number of likely N-dealkylation sites (N-methyl/N-ethyl adjacent to an activating group) is 1. The van der Waals surface area contributed by atoms with Crippen molar-refractivity contribution >= 4 is 33.6 Å². The molecule has 8 heteroatoms. The zero-order valence-electron chi connectivity index (χ0n) is 14.8. The molecule has 27 heavy (non-hydrogen) atoms. The first-order chi connectivity index (χ1) is 12.9. The topological polar surface area (TPSA) is 97.5 Å². The lowest BCUT2D eigenvalue weighted by Crippen LogP contribution is -2.39. The van der Waals surface area contributed by atoms with E-state index in [-0.39, 0.29) is 5.56 Å². The number of rotatable bonds is 6. The Labute approximate surface area is 169 Å². The zero-order chi connectivity index (χ0) is 19.6. The Morgan fingerprint density at radius 1 is 1.44 bits per heavy atom. The van der Waals surface area contributed by atoms with Gasteiger partial charge < -0.3 is 5.32 Å².